The Morgan fingerprint density at radius 3 is 2.57 bits per heavy atom. The number of hydrogen-bond donors (Lipinski definition) is 1. The zero-order valence-electron chi connectivity index (χ0n) is 14.4. The van der Waals surface area contributed by atoms with Gasteiger partial charge in [0.1, 0.15) is 0 Å². The summed E-state index contributed by atoms with van der Waals surface area (Å²) in [5, 5.41) is 7.37. The number of aryl methyl sites for hydroxylation is 3. The van der Waals surface area contributed by atoms with Crippen molar-refractivity contribution in [3.63, 3.8) is 0 Å². The molecule has 0 aliphatic heterocycles. The molecule has 2 rings (SSSR count). The smallest absolute Gasteiger partial charge is 0.250 e. The van der Waals surface area contributed by atoms with Gasteiger partial charge >= 0.3 is 0 Å². The van der Waals surface area contributed by atoms with Gasteiger partial charge in [-0.05, 0) is 33.8 Å². The van der Waals surface area contributed by atoms with Crippen LogP contribution in [-0.2, 0) is 18.4 Å². The highest BCUT2D eigenvalue weighted by Crippen LogP contribution is 2.20. The molecule has 1 atom stereocenters. The molecule has 0 saturated heterocycles. The lowest BCUT2D eigenvalue weighted by atomic mass is 10.1. The van der Waals surface area contributed by atoms with Gasteiger partial charge in [-0.1, -0.05) is 6.07 Å². The second-order valence-electron chi connectivity index (χ2n) is 5.90. The number of carbonyl (C=O) groups is 1. The Balaban J connectivity index is 2.01. The average molecular weight is 316 g/mol. The molecule has 2 aromatic rings. The summed E-state index contributed by atoms with van der Waals surface area (Å²) >= 11 is 0. The number of nitrogens with one attached hydrogen (secondary N) is 1. The first-order valence-corrected chi connectivity index (χ1v) is 7.77. The van der Waals surface area contributed by atoms with E-state index in [2.05, 4.69) is 10.4 Å². The van der Waals surface area contributed by atoms with Crippen LogP contribution < -0.4 is 10.9 Å². The summed E-state index contributed by atoms with van der Waals surface area (Å²) in [6.07, 6.45) is 0.271. The lowest BCUT2D eigenvalue weighted by Gasteiger charge is -2.15. The largest absolute Gasteiger partial charge is 0.349 e. The van der Waals surface area contributed by atoms with Crippen LogP contribution in [0.3, 0.4) is 0 Å². The van der Waals surface area contributed by atoms with Crippen molar-refractivity contribution in [3.8, 4) is 0 Å². The molecule has 0 spiro atoms. The number of aromatic nitrogens is 3. The topological polar surface area (TPSA) is 68.9 Å². The fraction of sp³-hybridized carbons (Fsp3) is 0.471. The van der Waals surface area contributed by atoms with E-state index in [4.69, 9.17) is 0 Å². The molecule has 0 radical (unpaired) electrons. The number of hydrogen-bond acceptors (Lipinski definition) is 3. The predicted octanol–water partition coefficient (Wildman–Crippen LogP) is 1.77. The molecule has 23 heavy (non-hydrogen) atoms. The summed E-state index contributed by atoms with van der Waals surface area (Å²) in [7, 11) is 1.89. The van der Waals surface area contributed by atoms with E-state index in [1.807, 2.05) is 45.5 Å². The van der Waals surface area contributed by atoms with E-state index in [-0.39, 0.29) is 23.9 Å². The SMILES string of the molecule is Cc1nn(C)c(C)c1[C@@H](C)NC(=O)CCn1c(C)cccc1=O. The molecule has 0 bridgehead atoms. The molecule has 0 fully saturated rings. The number of pyridine rings is 1. The Labute approximate surface area is 136 Å². The van der Waals surface area contributed by atoms with Gasteiger partial charge in [-0.25, -0.2) is 0 Å². The van der Waals surface area contributed by atoms with Gasteiger partial charge in [-0.2, -0.15) is 5.10 Å². The summed E-state index contributed by atoms with van der Waals surface area (Å²) < 4.78 is 3.44. The first-order chi connectivity index (χ1) is 10.8. The van der Waals surface area contributed by atoms with E-state index in [0.29, 0.717) is 6.54 Å². The van der Waals surface area contributed by atoms with Crippen LogP contribution in [0.15, 0.2) is 23.0 Å². The normalized spacial score (nSPS) is 12.2. The third kappa shape index (κ3) is 3.70. The van der Waals surface area contributed by atoms with Crippen LogP contribution >= 0.6 is 0 Å². The summed E-state index contributed by atoms with van der Waals surface area (Å²) in [4.78, 5) is 24.0. The van der Waals surface area contributed by atoms with Crippen molar-refractivity contribution in [2.45, 2.75) is 46.7 Å². The Kier molecular flexibility index (Phi) is 5.03. The molecular weight excluding hydrogens is 292 g/mol. The van der Waals surface area contributed by atoms with Crippen LogP contribution in [0.2, 0.25) is 0 Å². The lowest BCUT2D eigenvalue weighted by Crippen LogP contribution is -2.30. The fourth-order valence-corrected chi connectivity index (χ4v) is 2.93. The fourth-order valence-electron chi connectivity index (χ4n) is 2.93. The van der Waals surface area contributed by atoms with Crippen molar-refractivity contribution in [2.75, 3.05) is 0 Å². The maximum absolute atomic E-state index is 12.2. The standard InChI is InChI=1S/C17H24N4O2/c1-11-7-6-8-16(23)21(11)10-9-15(22)18-12(2)17-13(3)19-20(5)14(17)4/h6-8,12H,9-10H2,1-5H3,(H,18,22)/t12-/m1/s1. The van der Waals surface area contributed by atoms with E-state index in [0.717, 1.165) is 22.6 Å². The quantitative estimate of drug-likeness (QED) is 0.914. The monoisotopic (exact) mass is 316 g/mol. The predicted molar refractivity (Wildman–Crippen MR) is 89.3 cm³/mol. The third-order valence-corrected chi connectivity index (χ3v) is 4.21. The van der Waals surface area contributed by atoms with Gasteiger partial charge in [-0.15, -0.1) is 0 Å². The molecule has 0 aromatic carbocycles. The minimum Gasteiger partial charge on any atom is -0.349 e. The highest BCUT2D eigenvalue weighted by molar-refractivity contribution is 5.76. The molecule has 0 unspecified atom stereocenters. The third-order valence-electron chi connectivity index (χ3n) is 4.21. The van der Waals surface area contributed by atoms with Crippen LogP contribution in [0.4, 0.5) is 0 Å². The minimum absolute atomic E-state index is 0.0738. The Bertz CT molecular complexity index is 773. The average Bonchev–Trinajstić information content (AvgIpc) is 2.71. The van der Waals surface area contributed by atoms with Crippen molar-refractivity contribution >= 4 is 5.91 Å². The van der Waals surface area contributed by atoms with Gasteiger partial charge in [0.05, 0.1) is 11.7 Å². The first-order valence-electron chi connectivity index (χ1n) is 7.77. The summed E-state index contributed by atoms with van der Waals surface area (Å²) in [6, 6.07) is 4.99. The Morgan fingerprint density at radius 1 is 1.30 bits per heavy atom. The first kappa shape index (κ1) is 17.0. The van der Waals surface area contributed by atoms with E-state index in [9.17, 15) is 9.59 Å². The van der Waals surface area contributed by atoms with E-state index < -0.39 is 0 Å². The Morgan fingerprint density at radius 2 is 2.00 bits per heavy atom. The molecule has 0 aliphatic rings. The van der Waals surface area contributed by atoms with Crippen molar-refractivity contribution < 1.29 is 4.79 Å². The molecule has 2 heterocycles. The minimum atomic E-state index is -0.107. The summed E-state index contributed by atoms with van der Waals surface area (Å²) in [5.74, 6) is -0.0738. The van der Waals surface area contributed by atoms with Gasteiger partial charge in [-0.3, -0.25) is 14.3 Å². The molecule has 0 aliphatic carbocycles. The second kappa shape index (κ2) is 6.81. The molecule has 1 N–H and O–H groups in total. The number of nitrogens with zero attached hydrogens (tertiary/aromatic N) is 3. The molecule has 6 heteroatoms. The lowest BCUT2D eigenvalue weighted by molar-refractivity contribution is -0.121. The molecule has 1 amide bonds. The van der Waals surface area contributed by atoms with Crippen LogP contribution in [0.25, 0.3) is 0 Å². The second-order valence-corrected chi connectivity index (χ2v) is 5.90. The van der Waals surface area contributed by atoms with Crippen LogP contribution in [0.1, 0.15) is 42.0 Å². The summed E-state index contributed by atoms with van der Waals surface area (Å²) in [6.45, 7) is 8.14. The van der Waals surface area contributed by atoms with Crippen LogP contribution in [0.5, 0.6) is 0 Å². The number of rotatable bonds is 5. The number of amides is 1. The zero-order valence-corrected chi connectivity index (χ0v) is 14.4. The van der Waals surface area contributed by atoms with E-state index >= 15 is 0 Å². The Hall–Kier alpha value is -2.37. The molecule has 0 saturated carbocycles. The maximum atomic E-state index is 12.2. The zero-order chi connectivity index (χ0) is 17.1. The van der Waals surface area contributed by atoms with Gasteiger partial charge in [0.15, 0.2) is 0 Å². The van der Waals surface area contributed by atoms with Crippen LogP contribution in [-0.4, -0.2) is 20.3 Å². The molecule has 6 nitrogen and oxygen atoms in total. The van der Waals surface area contributed by atoms with Crippen molar-refractivity contribution in [2.24, 2.45) is 7.05 Å². The van der Waals surface area contributed by atoms with E-state index in [1.165, 1.54) is 6.07 Å². The molecule has 2 aromatic heterocycles. The summed E-state index contributed by atoms with van der Waals surface area (Å²) in [5.41, 5.74) is 3.80. The van der Waals surface area contributed by atoms with Crippen molar-refractivity contribution in [3.05, 3.63) is 51.2 Å². The van der Waals surface area contributed by atoms with Gasteiger partial charge in [0.25, 0.3) is 5.56 Å². The maximum Gasteiger partial charge on any atom is 0.250 e. The van der Waals surface area contributed by atoms with Gasteiger partial charge in [0, 0.05) is 43.0 Å². The molecule has 124 valence electrons. The van der Waals surface area contributed by atoms with Gasteiger partial charge in [0.2, 0.25) is 5.91 Å². The van der Waals surface area contributed by atoms with Crippen LogP contribution in [0, 0.1) is 20.8 Å². The molecular formula is C17H24N4O2. The highest BCUT2D eigenvalue weighted by atomic mass is 16.2. The van der Waals surface area contributed by atoms with Crippen molar-refractivity contribution in [1.29, 1.82) is 0 Å². The number of carbonyl (C=O) groups excluding carboxylic acids is 1. The highest BCUT2D eigenvalue weighted by Gasteiger charge is 2.18. The van der Waals surface area contributed by atoms with E-state index in [1.54, 1.807) is 10.6 Å². The van der Waals surface area contributed by atoms with Gasteiger partial charge < -0.3 is 9.88 Å². The van der Waals surface area contributed by atoms with Crippen molar-refractivity contribution in [1.82, 2.24) is 19.7 Å².